The first kappa shape index (κ1) is 23.7. The monoisotopic (exact) mass is 478 g/mol. The van der Waals surface area contributed by atoms with Gasteiger partial charge in [0.1, 0.15) is 12.4 Å². The van der Waals surface area contributed by atoms with Crippen LogP contribution in [-0.2, 0) is 20.8 Å². The Morgan fingerprint density at radius 1 is 1.15 bits per heavy atom. The van der Waals surface area contributed by atoms with Gasteiger partial charge in [-0.3, -0.25) is 9.80 Å². The molecule has 0 aromatic heterocycles. The van der Waals surface area contributed by atoms with Gasteiger partial charge in [0.2, 0.25) is 0 Å². The Bertz CT molecular complexity index is 1090. The number of nitrogens with zero attached hydrogens (tertiary/aromatic N) is 2. The Labute approximate surface area is 193 Å². The number of carbonyl (C=O) groups excluding carboxylic acids is 2. The van der Waals surface area contributed by atoms with Gasteiger partial charge in [-0.1, -0.05) is 36.4 Å². The quantitative estimate of drug-likeness (QED) is 0.451. The zero-order chi connectivity index (χ0) is 24.3. The summed E-state index contributed by atoms with van der Waals surface area (Å²) in [6, 6.07) is 14.4. The third-order valence-corrected chi connectivity index (χ3v) is 5.66. The molecule has 2 aliphatic heterocycles. The molecule has 10 heteroatoms. The molecule has 0 aliphatic carbocycles. The molecular weight excluding hydrogens is 456 g/mol. The van der Waals surface area contributed by atoms with E-state index in [1.54, 1.807) is 12.1 Å². The molecule has 2 heterocycles. The number of ether oxygens (including phenoxy) is 2. The first-order chi connectivity index (χ1) is 16.2. The lowest BCUT2D eigenvalue weighted by Crippen LogP contribution is -2.31. The molecular formula is C24H22F4N2O4. The first-order valence-corrected chi connectivity index (χ1v) is 10.7. The molecule has 1 amide bonds. The summed E-state index contributed by atoms with van der Waals surface area (Å²) in [5, 5.41) is 0. The maximum atomic E-state index is 14.9. The molecule has 0 radical (unpaired) electrons. The second kappa shape index (κ2) is 9.84. The third kappa shape index (κ3) is 5.56. The highest BCUT2D eigenvalue weighted by atomic mass is 19.4. The molecule has 1 atom stereocenters. The van der Waals surface area contributed by atoms with Crippen molar-refractivity contribution >= 4 is 23.3 Å². The highest BCUT2D eigenvalue weighted by Gasteiger charge is 2.42. The van der Waals surface area contributed by atoms with Crippen molar-refractivity contribution in [2.75, 3.05) is 31.1 Å². The van der Waals surface area contributed by atoms with Gasteiger partial charge in [-0.05, 0) is 35.8 Å². The number of esters is 1. The molecule has 4 rings (SSSR count). The van der Waals surface area contributed by atoms with Crippen molar-refractivity contribution < 1.29 is 36.6 Å². The van der Waals surface area contributed by atoms with Gasteiger partial charge in [0.05, 0.1) is 12.2 Å². The summed E-state index contributed by atoms with van der Waals surface area (Å²) in [6.45, 7) is 1.36. The number of rotatable bonds is 6. The zero-order valence-corrected chi connectivity index (χ0v) is 18.1. The fourth-order valence-corrected chi connectivity index (χ4v) is 3.94. The van der Waals surface area contributed by atoms with Crippen molar-refractivity contribution in [3.05, 3.63) is 71.6 Å². The Morgan fingerprint density at radius 3 is 2.56 bits per heavy atom. The van der Waals surface area contributed by atoms with Gasteiger partial charge in [-0.25, -0.2) is 14.0 Å². The average Bonchev–Trinajstić information content (AvgIpc) is 3.18. The average molecular weight is 478 g/mol. The molecule has 1 unspecified atom stereocenters. The van der Waals surface area contributed by atoms with Crippen LogP contribution in [0.15, 0.2) is 54.6 Å². The number of hydrogen-bond donors (Lipinski definition) is 0. The van der Waals surface area contributed by atoms with Crippen LogP contribution in [0.4, 0.5) is 28.0 Å². The van der Waals surface area contributed by atoms with E-state index in [1.807, 2.05) is 24.3 Å². The van der Waals surface area contributed by atoms with Crippen LogP contribution in [0.5, 0.6) is 0 Å². The van der Waals surface area contributed by atoms with E-state index in [9.17, 15) is 27.2 Å². The molecule has 2 aromatic rings. The van der Waals surface area contributed by atoms with Crippen molar-refractivity contribution in [1.29, 1.82) is 0 Å². The van der Waals surface area contributed by atoms with E-state index in [4.69, 9.17) is 4.74 Å². The van der Waals surface area contributed by atoms with E-state index in [-0.39, 0.29) is 12.2 Å². The minimum atomic E-state index is -5.13. The van der Waals surface area contributed by atoms with E-state index >= 15 is 0 Å². The van der Waals surface area contributed by atoms with Gasteiger partial charge in [0, 0.05) is 25.2 Å². The van der Waals surface area contributed by atoms with Crippen LogP contribution < -0.4 is 4.90 Å². The minimum Gasteiger partial charge on any atom is -0.455 e. The Kier molecular flexibility index (Phi) is 6.87. The molecule has 2 aromatic carbocycles. The molecule has 1 saturated heterocycles. The fraction of sp³-hybridized carbons (Fsp3) is 0.333. The highest BCUT2D eigenvalue weighted by molar-refractivity contribution is 5.90. The van der Waals surface area contributed by atoms with E-state index in [1.165, 1.54) is 11.6 Å². The molecule has 0 saturated carbocycles. The summed E-state index contributed by atoms with van der Waals surface area (Å²) in [7, 11) is 0. The number of carbonyl (C=O) groups is 2. The van der Waals surface area contributed by atoms with Gasteiger partial charge in [-0.2, -0.15) is 13.2 Å². The van der Waals surface area contributed by atoms with Gasteiger partial charge in [0.15, 0.2) is 6.10 Å². The maximum Gasteiger partial charge on any atom is 0.490 e. The van der Waals surface area contributed by atoms with E-state index in [0.717, 1.165) is 23.6 Å². The van der Waals surface area contributed by atoms with E-state index in [0.29, 0.717) is 18.5 Å². The normalized spacial score (nSPS) is 19.1. The van der Waals surface area contributed by atoms with Crippen molar-refractivity contribution in [3.63, 3.8) is 0 Å². The number of halogens is 4. The van der Waals surface area contributed by atoms with E-state index < -0.39 is 36.8 Å². The van der Waals surface area contributed by atoms with Gasteiger partial charge < -0.3 is 9.47 Å². The lowest BCUT2D eigenvalue weighted by atomic mass is 9.98. The molecule has 0 spiro atoms. The van der Waals surface area contributed by atoms with Crippen molar-refractivity contribution in [2.45, 2.75) is 25.2 Å². The summed E-state index contributed by atoms with van der Waals surface area (Å²) in [4.78, 5) is 26.3. The van der Waals surface area contributed by atoms with Crippen molar-refractivity contribution in [2.24, 2.45) is 0 Å². The zero-order valence-electron chi connectivity index (χ0n) is 18.1. The summed E-state index contributed by atoms with van der Waals surface area (Å²) >= 11 is 0. The second-order valence-electron chi connectivity index (χ2n) is 8.08. The van der Waals surface area contributed by atoms with Crippen LogP contribution in [0.3, 0.4) is 0 Å². The highest BCUT2D eigenvalue weighted by Crippen LogP contribution is 2.30. The summed E-state index contributed by atoms with van der Waals surface area (Å²) in [6.07, 6.45) is -4.42. The van der Waals surface area contributed by atoms with Gasteiger partial charge in [0.25, 0.3) is 0 Å². The SMILES string of the molecule is O=C1OC(COC(=O)C(F)(F)F)CN1c1ccc(C2=CCN(Cc3ccccc3)CC2)c(F)c1. The topological polar surface area (TPSA) is 59.1 Å². The lowest BCUT2D eigenvalue weighted by Gasteiger charge is -2.27. The van der Waals surface area contributed by atoms with Crippen LogP contribution >= 0.6 is 0 Å². The molecule has 0 N–H and O–H groups in total. The number of benzene rings is 2. The van der Waals surface area contributed by atoms with Gasteiger partial charge >= 0.3 is 18.2 Å². The molecule has 6 nitrogen and oxygen atoms in total. The predicted molar refractivity (Wildman–Crippen MR) is 115 cm³/mol. The third-order valence-electron chi connectivity index (χ3n) is 5.66. The standard InChI is InChI=1S/C24H22F4N2O4/c25-21-12-18(30-14-19(34-23(30)32)15-33-22(31)24(26,27)28)6-7-20(21)17-8-10-29(11-9-17)13-16-4-2-1-3-5-16/h1-8,12,19H,9-11,13-15H2. The molecule has 180 valence electrons. The summed E-state index contributed by atoms with van der Waals surface area (Å²) < 4.78 is 60.8. The van der Waals surface area contributed by atoms with Crippen LogP contribution in [0.1, 0.15) is 17.5 Å². The van der Waals surface area contributed by atoms with E-state index in [2.05, 4.69) is 21.8 Å². The molecule has 1 fully saturated rings. The molecule has 0 bridgehead atoms. The summed E-state index contributed by atoms with van der Waals surface area (Å²) in [5.41, 5.74) is 2.72. The van der Waals surface area contributed by atoms with Gasteiger partial charge in [-0.15, -0.1) is 0 Å². The van der Waals surface area contributed by atoms with Crippen LogP contribution in [0, 0.1) is 5.82 Å². The largest absolute Gasteiger partial charge is 0.490 e. The molecule has 2 aliphatic rings. The van der Waals surface area contributed by atoms with Crippen molar-refractivity contribution in [1.82, 2.24) is 4.90 Å². The van der Waals surface area contributed by atoms with Crippen molar-refractivity contribution in [3.8, 4) is 0 Å². The van der Waals surface area contributed by atoms with Crippen LogP contribution in [0.2, 0.25) is 0 Å². The predicted octanol–water partition coefficient (Wildman–Crippen LogP) is 4.55. The molecule has 34 heavy (non-hydrogen) atoms. The maximum absolute atomic E-state index is 14.9. The van der Waals surface area contributed by atoms with Crippen LogP contribution in [-0.4, -0.2) is 55.5 Å². The summed E-state index contributed by atoms with van der Waals surface area (Å²) in [5.74, 6) is -2.87. The lowest BCUT2D eigenvalue weighted by molar-refractivity contribution is -0.201. The smallest absolute Gasteiger partial charge is 0.455 e. The number of cyclic esters (lactones) is 1. The number of amides is 1. The Hall–Kier alpha value is -3.40. The second-order valence-corrected chi connectivity index (χ2v) is 8.08. The Morgan fingerprint density at radius 2 is 1.91 bits per heavy atom. The number of anilines is 1. The van der Waals surface area contributed by atoms with Crippen LogP contribution in [0.25, 0.3) is 5.57 Å². The number of hydrogen-bond acceptors (Lipinski definition) is 5. The first-order valence-electron chi connectivity index (χ1n) is 10.7. The minimum absolute atomic E-state index is 0.167. The Balaban J connectivity index is 1.37. The number of alkyl halides is 3. The fourth-order valence-electron chi connectivity index (χ4n) is 3.94.